The molecule has 0 aromatic rings. The number of ether oxygens (including phenoxy) is 4. The van der Waals surface area contributed by atoms with Crippen LogP contribution in [0.2, 0.25) is 0 Å². The van der Waals surface area contributed by atoms with Crippen molar-refractivity contribution in [3.8, 4) is 0 Å². The van der Waals surface area contributed by atoms with Crippen LogP contribution in [0.1, 0.15) is 195 Å². The fraction of sp³-hybridized carbons (Fsp3) is 0.922. The summed E-state index contributed by atoms with van der Waals surface area (Å²) in [6.45, 7) is 12.3. The second-order valence-electron chi connectivity index (χ2n) is 22.0. The maximum absolute atomic E-state index is 14.6. The largest absolute Gasteiger partial charge is 0.469 e. The van der Waals surface area contributed by atoms with Crippen molar-refractivity contribution in [1.82, 2.24) is 0 Å². The molecule has 1 aliphatic heterocycles. The molecule has 10 saturated carbocycles. The molecule has 9 heteroatoms. The molecule has 1 heterocycles. The molecule has 9 nitrogen and oxygen atoms in total. The molecule has 11 aliphatic rings. The van der Waals surface area contributed by atoms with Crippen molar-refractivity contribution < 1.29 is 43.2 Å². The highest BCUT2D eigenvalue weighted by atomic mass is 16.6. The minimum absolute atomic E-state index is 0. The smallest absolute Gasteiger partial charge is 0.312 e. The van der Waals surface area contributed by atoms with E-state index in [4.69, 9.17) is 18.9 Å². The van der Waals surface area contributed by atoms with E-state index in [-0.39, 0.29) is 81.3 Å². The van der Waals surface area contributed by atoms with Crippen LogP contribution in [0.3, 0.4) is 0 Å². The summed E-state index contributed by atoms with van der Waals surface area (Å²) >= 11 is 0. The zero-order valence-electron chi connectivity index (χ0n) is 34.2. The van der Waals surface area contributed by atoms with E-state index in [0.717, 1.165) is 82.1 Å². The number of hydrogen-bond acceptors (Lipinski definition) is 9. The summed E-state index contributed by atoms with van der Waals surface area (Å²) in [5, 5.41) is 11.2. The molecule has 11 fully saturated rings. The summed E-state index contributed by atoms with van der Waals surface area (Å²) in [4.78, 5) is 52.9. The molecule has 60 heavy (non-hydrogen) atoms. The molecule has 0 aromatic heterocycles. The van der Waals surface area contributed by atoms with Gasteiger partial charge in [-0.15, -0.1) is 0 Å². The Bertz CT molecular complexity index is 1490. The van der Waals surface area contributed by atoms with Gasteiger partial charge in [0.2, 0.25) is 0 Å². The number of aliphatic hydroxyl groups is 1. The van der Waals surface area contributed by atoms with Gasteiger partial charge in [0.05, 0.1) is 41.5 Å². The van der Waals surface area contributed by atoms with Crippen LogP contribution in [-0.2, 0) is 38.1 Å². The first-order chi connectivity index (χ1) is 25.3. The Morgan fingerprint density at radius 3 is 1.73 bits per heavy atom. The predicted molar refractivity (Wildman–Crippen MR) is 241 cm³/mol. The molecule has 0 spiro atoms. The van der Waals surface area contributed by atoms with Gasteiger partial charge >= 0.3 is 23.9 Å². The van der Waals surface area contributed by atoms with Gasteiger partial charge in [0.15, 0.2) is 0 Å². The van der Waals surface area contributed by atoms with E-state index in [1.807, 2.05) is 34.6 Å². The molecule has 0 amide bonds. The Kier molecular flexibility index (Phi) is 16.7. The van der Waals surface area contributed by atoms with Gasteiger partial charge in [-0.05, 0) is 185 Å². The topological polar surface area (TPSA) is 125 Å². The van der Waals surface area contributed by atoms with E-state index in [0.29, 0.717) is 54.3 Å². The molecule has 8 unspecified atom stereocenters. The molecule has 0 radical (unpaired) electrons. The fourth-order valence-electron chi connectivity index (χ4n) is 15.2. The van der Waals surface area contributed by atoms with Crippen molar-refractivity contribution in [3.63, 3.8) is 0 Å². The molecule has 1 N–H and O–H groups in total. The highest BCUT2D eigenvalue weighted by Gasteiger charge is 2.62. The molecule has 10 bridgehead atoms. The number of fused-ring (bicyclic) bond motifs is 5. The van der Waals surface area contributed by atoms with Crippen molar-refractivity contribution in [2.45, 2.75) is 212 Å². The van der Waals surface area contributed by atoms with Crippen LogP contribution < -0.4 is 0 Å². The lowest BCUT2D eigenvalue weighted by Crippen LogP contribution is -2.61. The first-order valence-corrected chi connectivity index (χ1v) is 21.7. The van der Waals surface area contributed by atoms with Gasteiger partial charge in [0.25, 0.3) is 0 Å². The summed E-state index contributed by atoms with van der Waals surface area (Å²) in [5.41, 5.74) is -4.89. The van der Waals surface area contributed by atoms with Crippen molar-refractivity contribution in [2.24, 2.45) is 75.4 Å². The molecular formula is C51H92O9. The standard InChI is InChI=1S/C36H56O7.C9H12O2.6CH4/c1-8-32(4,29(38)41-7)20-33(5,30(39)42-34(6)26-11-22-9-23(13-26)14-27(34)12-22)19-31(2,3)28(37)43-36-17-24-10-25(18-36)16-35(40,15-24)21-36;10-9-8-6-2-1-5(3-6)7(8)4-11-9;;;;;;/h22-27,40H,8-21H2,1-7H3;5-8H,1-4H2;6*1H4. The average Bonchev–Trinajstić information content (AvgIpc) is 3.81. The zero-order chi connectivity index (χ0) is 38.6. The number of methoxy groups -OCH3 is 1. The van der Waals surface area contributed by atoms with Crippen molar-refractivity contribution in [2.75, 3.05) is 13.7 Å². The number of hydrogen-bond donors (Lipinski definition) is 1. The van der Waals surface area contributed by atoms with Gasteiger partial charge < -0.3 is 24.1 Å². The maximum Gasteiger partial charge on any atom is 0.312 e. The highest BCUT2D eigenvalue weighted by molar-refractivity contribution is 5.83. The molecule has 350 valence electrons. The minimum Gasteiger partial charge on any atom is -0.469 e. The van der Waals surface area contributed by atoms with Crippen molar-refractivity contribution in [1.29, 1.82) is 0 Å². The van der Waals surface area contributed by atoms with Gasteiger partial charge in [-0.25, -0.2) is 0 Å². The van der Waals surface area contributed by atoms with E-state index in [9.17, 15) is 24.3 Å². The van der Waals surface area contributed by atoms with E-state index in [1.165, 1.54) is 32.8 Å². The van der Waals surface area contributed by atoms with Crippen LogP contribution in [0, 0.1) is 75.4 Å². The fourth-order valence-corrected chi connectivity index (χ4v) is 15.2. The lowest BCUT2D eigenvalue weighted by atomic mass is 9.50. The van der Waals surface area contributed by atoms with Crippen LogP contribution in [0.5, 0.6) is 0 Å². The van der Waals surface area contributed by atoms with Crippen LogP contribution in [0.25, 0.3) is 0 Å². The summed E-state index contributed by atoms with van der Waals surface area (Å²) in [6.07, 6.45) is 15.5. The highest BCUT2D eigenvalue weighted by Crippen LogP contribution is 2.62. The summed E-state index contributed by atoms with van der Waals surface area (Å²) in [5.74, 6) is 4.60. The zero-order valence-corrected chi connectivity index (χ0v) is 34.2. The Morgan fingerprint density at radius 2 is 1.23 bits per heavy atom. The number of carbonyl (C=O) groups is 4. The van der Waals surface area contributed by atoms with E-state index < -0.39 is 33.0 Å². The maximum atomic E-state index is 14.6. The van der Waals surface area contributed by atoms with Crippen molar-refractivity contribution in [3.05, 3.63) is 0 Å². The van der Waals surface area contributed by atoms with Gasteiger partial charge in [-0.2, -0.15) is 0 Å². The first-order valence-electron chi connectivity index (χ1n) is 21.7. The van der Waals surface area contributed by atoms with Gasteiger partial charge in [0, 0.05) is 12.3 Å². The van der Waals surface area contributed by atoms with Crippen LogP contribution >= 0.6 is 0 Å². The molecule has 10 aliphatic carbocycles. The molecular weight excluding hydrogens is 757 g/mol. The van der Waals surface area contributed by atoms with Crippen LogP contribution in [0.15, 0.2) is 0 Å². The number of esters is 4. The molecule has 0 aromatic carbocycles. The van der Waals surface area contributed by atoms with E-state index in [2.05, 4.69) is 6.92 Å². The van der Waals surface area contributed by atoms with Crippen LogP contribution in [0.4, 0.5) is 0 Å². The Balaban J connectivity index is 0.000000628. The monoisotopic (exact) mass is 849 g/mol. The average molecular weight is 849 g/mol. The number of rotatable bonds is 10. The number of carbonyl (C=O) groups excluding carboxylic acids is 4. The quantitative estimate of drug-likeness (QED) is 0.169. The van der Waals surface area contributed by atoms with Gasteiger partial charge in [-0.3, -0.25) is 19.2 Å². The summed E-state index contributed by atoms with van der Waals surface area (Å²) in [6, 6.07) is 0. The lowest BCUT2D eigenvalue weighted by Gasteiger charge is -2.60. The second kappa shape index (κ2) is 18.5. The Labute approximate surface area is 367 Å². The summed E-state index contributed by atoms with van der Waals surface area (Å²) < 4.78 is 23.4. The predicted octanol–water partition coefficient (Wildman–Crippen LogP) is 11.8. The van der Waals surface area contributed by atoms with Gasteiger partial charge in [0.1, 0.15) is 11.2 Å². The third-order valence-electron chi connectivity index (χ3n) is 17.3. The van der Waals surface area contributed by atoms with E-state index in [1.54, 1.807) is 0 Å². The van der Waals surface area contributed by atoms with Crippen molar-refractivity contribution >= 4 is 23.9 Å². The third kappa shape index (κ3) is 9.24. The number of cyclic esters (lactones) is 1. The molecule has 1 saturated heterocycles. The third-order valence-corrected chi connectivity index (χ3v) is 17.3. The second-order valence-corrected chi connectivity index (χ2v) is 22.0. The van der Waals surface area contributed by atoms with Gasteiger partial charge in [-0.1, -0.05) is 51.5 Å². The van der Waals surface area contributed by atoms with E-state index >= 15 is 0 Å². The SMILES string of the molecule is C.C.C.C.C.C.CCC(C)(CC(C)(CC(C)(C)C(=O)OC12CC3CC(CC(O)(C3)C1)C2)C(=O)OC1(C)C2CC3CC(C2)CC1C3)C(=O)OC.O=C1OCC2C3CCC(C3)C12. The normalized spacial score (nSPS) is 40.9. The summed E-state index contributed by atoms with van der Waals surface area (Å²) in [7, 11) is 1.39. The molecule has 11 rings (SSSR count). The molecule has 8 atom stereocenters. The minimum atomic E-state index is -1.11. The Morgan fingerprint density at radius 1 is 0.700 bits per heavy atom. The van der Waals surface area contributed by atoms with Crippen LogP contribution in [-0.4, -0.2) is 59.5 Å². The first kappa shape index (κ1) is 54.0. The lowest BCUT2D eigenvalue weighted by molar-refractivity contribution is -0.227. The Hall–Kier alpha value is -2.16.